The molecule has 1 atom stereocenters. The number of unbranched alkanes of at least 4 members (excludes halogenated alkanes) is 1. The van der Waals surface area contributed by atoms with E-state index in [9.17, 15) is 0 Å². The van der Waals surface area contributed by atoms with Crippen LogP contribution in [0.15, 0.2) is 0 Å². The summed E-state index contributed by atoms with van der Waals surface area (Å²) in [7, 11) is 0. The molecule has 1 unspecified atom stereocenters. The fourth-order valence-corrected chi connectivity index (χ4v) is 1.36. The van der Waals surface area contributed by atoms with Crippen LogP contribution in [0.1, 0.15) is 39.0 Å². The molecular formula is C9H15Br. The summed E-state index contributed by atoms with van der Waals surface area (Å²) >= 11 is 3.58. The Bertz CT molecular complexity index is 102. The Hall–Kier alpha value is 0.0400. The lowest BCUT2D eigenvalue weighted by Crippen LogP contribution is -1.95. The fraction of sp³-hybridized carbons (Fsp3) is 0.778. The highest BCUT2D eigenvalue weighted by molar-refractivity contribution is 9.09. The second kappa shape index (κ2) is 7.15. The second-order valence-electron chi connectivity index (χ2n) is 2.48. The predicted molar refractivity (Wildman–Crippen MR) is 50.3 cm³/mol. The normalized spacial score (nSPS) is 12.5. The molecule has 0 aromatic carbocycles. The summed E-state index contributed by atoms with van der Waals surface area (Å²) in [5.41, 5.74) is 0. The van der Waals surface area contributed by atoms with Crippen molar-refractivity contribution in [2.24, 2.45) is 0 Å². The van der Waals surface area contributed by atoms with Crippen LogP contribution in [-0.4, -0.2) is 4.83 Å². The third kappa shape index (κ3) is 6.16. The lowest BCUT2D eigenvalue weighted by molar-refractivity contribution is 0.663. The number of halogens is 1. The average Bonchev–Trinajstić information content (AvgIpc) is 1.97. The van der Waals surface area contributed by atoms with E-state index in [1.807, 2.05) is 0 Å². The van der Waals surface area contributed by atoms with Crippen molar-refractivity contribution >= 4 is 15.9 Å². The minimum absolute atomic E-state index is 0.642. The Kier molecular flexibility index (Phi) is 7.18. The van der Waals surface area contributed by atoms with Gasteiger partial charge in [0.15, 0.2) is 0 Å². The molecule has 0 rings (SSSR count). The summed E-state index contributed by atoms with van der Waals surface area (Å²) < 4.78 is 0. The van der Waals surface area contributed by atoms with Crippen LogP contribution in [0.4, 0.5) is 0 Å². The maximum absolute atomic E-state index is 5.13. The zero-order chi connectivity index (χ0) is 7.82. The SMILES string of the molecule is C#CCCC(Br)CCCC. The zero-order valence-electron chi connectivity index (χ0n) is 6.57. The molecule has 0 fully saturated rings. The van der Waals surface area contributed by atoms with Gasteiger partial charge >= 0.3 is 0 Å². The molecular weight excluding hydrogens is 188 g/mol. The Balaban J connectivity index is 3.10. The predicted octanol–water partition coefficient (Wildman–Crippen LogP) is 3.35. The fourth-order valence-electron chi connectivity index (χ4n) is 0.810. The Labute approximate surface area is 72.5 Å². The van der Waals surface area contributed by atoms with Crippen molar-refractivity contribution < 1.29 is 0 Å². The van der Waals surface area contributed by atoms with E-state index >= 15 is 0 Å². The minimum Gasteiger partial charge on any atom is -0.120 e. The molecule has 0 aliphatic rings. The standard InChI is InChI=1S/C9H15Br/c1-3-5-7-9(10)8-6-4-2/h1,9H,4-8H2,2H3. The van der Waals surface area contributed by atoms with Crippen molar-refractivity contribution in [1.82, 2.24) is 0 Å². The van der Waals surface area contributed by atoms with Crippen molar-refractivity contribution in [3.8, 4) is 12.3 Å². The summed E-state index contributed by atoms with van der Waals surface area (Å²) in [4.78, 5) is 0.642. The lowest BCUT2D eigenvalue weighted by atomic mass is 10.1. The number of alkyl halides is 1. The molecule has 0 saturated heterocycles. The third-order valence-electron chi connectivity index (χ3n) is 1.47. The van der Waals surface area contributed by atoms with Gasteiger partial charge in [-0.1, -0.05) is 35.7 Å². The maximum atomic E-state index is 5.13. The van der Waals surface area contributed by atoms with E-state index in [-0.39, 0.29) is 0 Å². The van der Waals surface area contributed by atoms with Crippen LogP contribution in [0, 0.1) is 12.3 Å². The molecule has 0 nitrogen and oxygen atoms in total. The first kappa shape index (κ1) is 10.0. The monoisotopic (exact) mass is 202 g/mol. The van der Waals surface area contributed by atoms with E-state index in [1.54, 1.807) is 0 Å². The van der Waals surface area contributed by atoms with Gasteiger partial charge in [-0.25, -0.2) is 0 Å². The van der Waals surface area contributed by atoms with Crippen LogP contribution < -0.4 is 0 Å². The highest BCUT2D eigenvalue weighted by atomic mass is 79.9. The van der Waals surface area contributed by atoms with Crippen molar-refractivity contribution in [2.45, 2.75) is 43.9 Å². The van der Waals surface area contributed by atoms with Gasteiger partial charge in [0.1, 0.15) is 0 Å². The van der Waals surface area contributed by atoms with Gasteiger partial charge in [0.25, 0.3) is 0 Å². The summed E-state index contributed by atoms with van der Waals surface area (Å²) in [5, 5.41) is 0. The Morgan fingerprint density at radius 1 is 1.50 bits per heavy atom. The van der Waals surface area contributed by atoms with E-state index in [2.05, 4.69) is 28.8 Å². The van der Waals surface area contributed by atoms with Crippen molar-refractivity contribution in [2.75, 3.05) is 0 Å². The van der Waals surface area contributed by atoms with E-state index in [0.29, 0.717) is 4.83 Å². The molecule has 0 heterocycles. The molecule has 0 aliphatic heterocycles. The molecule has 0 aromatic rings. The molecule has 0 amide bonds. The van der Waals surface area contributed by atoms with E-state index in [1.165, 1.54) is 19.3 Å². The summed E-state index contributed by atoms with van der Waals surface area (Å²) in [5.74, 6) is 2.65. The van der Waals surface area contributed by atoms with E-state index < -0.39 is 0 Å². The molecule has 0 N–H and O–H groups in total. The molecule has 58 valence electrons. The van der Waals surface area contributed by atoms with Crippen LogP contribution in [0.25, 0.3) is 0 Å². The topological polar surface area (TPSA) is 0 Å². The van der Waals surface area contributed by atoms with Crippen molar-refractivity contribution in [3.05, 3.63) is 0 Å². The van der Waals surface area contributed by atoms with Crippen LogP contribution in [0.3, 0.4) is 0 Å². The molecule has 0 saturated carbocycles. The molecule has 0 radical (unpaired) electrons. The molecule has 0 bridgehead atoms. The number of terminal acetylenes is 1. The van der Waals surface area contributed by atoms with Crippen LogP contribution in [0.5, 0.6) is 0 Å². The van der Waals surface area contributed by atoms with Crippen molar-refractivity contribution in [1.29, 1.82) is 0 Å². The summed E-state index contributed by atoms with van der Waals surface area (Å²) in [6, 6.07) is 0. The summed E-state index contributed by atoms with van der Waals surface area (Å²) in [6.07, 6.45) is 11.0. The van der Waals surface area contributed by atoms with Gasteiger partial charge in [-0.05, 0) is 12.8 Å². The summed E-state index contributed by atoms with van der Waals surface area (Å²) in [6.45, 7) is 2.21. The van der Waals surface area contributed by atoms with Gasteiger partial charge in [-0.3, -0.25) is 0 Å². The lowest BCUT2D eigenvalue weighted by Gasteiger charge is -2.04. The van der Waals surface area contributed by atoms with Gasteiger partial charge in [-0.2, -0.15) is 0 Å². The van der Waals surface area contributed by atoms with Crippen molar-refractivity contribution in [3.63, 3.8) is 0 Å². The molecule has 10 heavy (non-hydrogen) atoms. The van der Waals surface area contributed by atoms with Gasteiger partial charge in [-0.15, -0.1) is 12.3 Å². The minimum atomic E-state index is 0.642. The molecule has 0 aromatic heterocycles. The van der Waals surface area contributed by atoms with Crippen LogP contribution >= 0.6 is 15.9 Å². The zero-order valence-corrected chi connectivity index (χ0v) is 8.15. The number of rotatable bonds is 5. The molecule has 0 spiro atoms. The highest BCUT2D eigenvalue weighted by Crippen LogP contribution is 2.14. The smallest absolute Gasteiger partial charge is 0.0154 e. The first-order chi connectivity index (χ1) is 4.81. The van der Waals surface area contributed by atoms with E-state index in [0.717, 1.165) is 12.8 Å². The van der Waals surface area contributed by atoms with Gasteiger partial charge < -0.3 is 0 Å². The van der Waals surface area contributed by atoms with Gasteiger partial charge in [0.2, 0.25) is 0 Å². The molecule has 0 aliphatic carbocycles. The largest absolute Gasteiger partial charge is 0.120 e. The first-order valence-electron chi connectivity index (χ1n) is 3.88. The number of hydrogen-bond acceptors (Lipinski definition) is 0. The van der Waals surface area contributed by atoms with Crippen LogP contribution in [-0.2, 0) is 0 Å². The Morgan fingerprint density at radius 2 is 2.20 bits per heavy atom. The maximum Gasteiger partial charge on any atom is 0.0154 e. The Morgan fingerprint density at radius 3 is 2.70 bits per heavy atom. The first-order valence-corrected chi connectivity index (χ1v) is 4.80. The second-order valence-corrected chi connectivity index (χ2v) is 3.78. The van der Waals surface area contributed by atoms with Gasteiger partial charge in [0.05, 0.1) is 0 Å². The van der Waals surface area contributed by atoms with E-state index in [4.69, 9.17) is 6.42 Å². The molecule has 1 heteroatoms. The highest BCUT2D eigenvalue weighted by Gasteiger charge is 2.00. The average molecular weight is 203 g/mol. The van der Waals surface area contributed by atoms with Gasteiger partial charge in [0, 0.05) is 11.2 Å². The quantitative estimate of drug-likeness (QED) is 0.474. The number of hydrogen-bond donors (Lipinski definition) is 0. The van der Waals surface area contributed by atoms with Crippen LogP contribution in [0.2, 0.25) is 0 Å². The third-order valence-corrected chi connectivity index (χ3v) is 2.39.